The first-order chi connectivity index (χ1) is 19.8. The summed E-state index contributed by atoms with van der Waals surface area (Å²) in [6.07, 6.45) is 6.27. The SMILES string of the molecule is Cc1cc2nc3cn2c(c1CC(=O)O)N1CCC(C)(CC1)OCCCCCOc1c(F)cccc1-c1cccc-3c1. The Bertz CT molecular complexity index is 1590. The Balaban J connectivity index is 1.49. The molecule has 2 aromatic carbocycles. The van der Waals surface area contributed by atoms with E-state index in [-0.39, 0.29) is 23.6 Å². The van der Waals surface area contributed by atoms with E-state index in [0.29, 0.717) is 18.8 Å². The van der Waals surface area contributed by atoms with Gasteiger partial charge in [0.2, 0.25) is 0 Å². The van der Waals surface area contributed by atoms with Gasteiger partial charge in [-0.3, -0.25) is 9.20 Å². The standard InChI is InChI=1S/C33H36FN3O4/c1-22-18-29-35-28-21-37(29)32(26(22)20-30(38)39)36-14-12-33(2,13-15-36)41-17-5-3-4-16-40-31-25(10-7-11-27(31)34)23-8-6-9-24(28)19-23/h6-11,18-19,21H,3-5,12-17,20H2,1-2H3,(H,38,39). The lowest BCUT2D eigenvalue weighted by atomic mass is 9.92. The van der Waals surface area contributed by atoms with E-state index in [0.717, 1.165) is 84.6 Å². The Morgan fingerprint density at radius 3 is 2.61 bits per heavy atom. The van der Waals surface area contributed by atoms with Gasteiger partial charge >= 0.3 is 5.97 Å². The summed E-state index contributed by atoms with van der Waals surface area (Å²) < 4.78 is 29.4. The van der Waals surface area contributed by atoms with E-state index in [1.165, 1.54) is 6.07 Å². The molecule has 1 saturated heterocycles. The van der Waals surface area contributed by atoms with Gasteiger partial charge in [-0.1, -0.05) is 30.3 Å². The molecule has 0 atom stereocenters. The van der Waals surface area contributed by atoms with Gasteiger partial charge in [0.25, 0.3) is 0 Å². The number of benzene rings is 2. The smallest absolute Gasteiger partial charge is 0.307 e. The van der Waals surface area contributed by atoms with Gasteiger partial charge < -0.3 is 19.5 Å². The fraction of sp³-hybridized carbons (Fsp3) is 0.394. The van der Waals surface area contributed by atoms with Gasteiger partial charge in [0.15, 0.2) is 11.6 Å². The minimum Gasteiger partial charge on any atom is -0.490 e. The summed E-state index contributed by atoms with van der Waals surface area (Å²) >= 11 is 0. The highest BCUT2D eigenvalue weighted by Crippen LogP contribution is 2.37. The Labute approximate surface area is 239 Å². The van der Waals surface area contributed by atoms with E-state index < -0.39 is 5.97 Å². The van der Waals surface area contributed by atoms with Crippen LogP contribution < -0.4 is 9.64 Å². The highest BCUT2D eigenvalue weighted by atomic mass is 19.1. The second-order valence-corrected chi connectivity index (χ2v) is 11.4. The van der Waals surface area contributed by atoms with E-state index in [2.05, 4.69) is 11.8 Å². The summed E-state index contributed by atoms with van der Waals surface area (Å²) in [5.41, 5.74) is 5.43. The number of nitrogens with zero attached hydrogens (tertiary/aromatic N) is 3. The number of carbonyl (C=O) groups is 1. The van der Waals surface area contributed by atoms with E-state index in [9.17, 15) is 14.3 Å². The third-order valence-corrected chi connectivity index (χ3v) is 8.42. The summed E-state index contributed by atoms with van der Waals surface area (Å²) in [6.45, 7) is 6.76. The summed E-state index contributed by atoms with van der Waals surface area (Å²) in [5.74, 6) is -0.0922. The van der Waals surface area contributed by atoms with E-state index in [1.807, 2.05) is 53.9 Å². The lowest BCUT2D eigenvalue weighted by molar-refractivity contribution is -0.136. The Kier molecular flexibility index (Phi) is 7.43. The van der Waals surface area contributed by atoms with Gasteiger partial charge in [-0.2, -0.15) is 0 Å². The van der Waals surface area contributed by atoms with Crippen LogP contribution >= 0.6 is 0 Å². The average Bonchev–Trinajstić information content (AvgIpc) is 3.37. The number of carboxylic acids is 1. The number of pyridine rings is 1. The fourth-order valence-corrected chi connectivity index (χ4v) is 6.06. The van der Waals surface area contributed by atoms with Crippen molar-refractivity contribution in [2.24, 2.45) is 0 Å². The molecule has 3 aliphatic rings. The molecule has 2 aromatic heterocycles. The Morgan fingerprint density at radius 2 is 1.80 bits per heavy atom. The lowest BCUT2D eigenvalue weighted by Crippen LogP contribution is -2.45. The molecule has 0 spiro atoms. The minimum absolute atomic E-state index is 0.0628. The average molecular weight is 558 g/mol. The lowest BCUT2D eigenvalue weighted by Gasteiger charge is -2.41. The Morgan fingerprint density at radius 1 is 1.05 bits per heavy atom. The summed E-state index contributed by atoms with van der Waals surface area (Å²) in [4.78, 5) is 19.2. The molecule has 0 amide bonds. The summed E-state index contributed by atoms with van der Waals surface area (Å²) in [6, 6.07) is 14.9. The van der Waals surface area contributed by atoms with Crippen LogP contribution in [0.4, 0.5) is 10.2 Å². The molecule has 1 N–H and O–H groups in total. The predicted octanol–water partition coefficient (Wildman–Crippen LogP) is 6.68. The summed E-state index contributed by atoms with van der Waals surface area (Å²) in [5, 5.41) is 9.78. The van der Waals surface area contributed by atoms with Gasteiger partial charge in [0.1, 0.15) is 11.5 Å². The van der Waals surface area contributed by atoms with Crippen molar-refractivity contribution >= 4 is 17.4 Å². The van der Waals surface area contributed by atoms with Crippen LogP contribution in [0.25, 0.3) is 28.0 Å². The van der Waals surface area contributed by atoms with Gasteiger partial charge in [0.05, 0.1) is 24.3 Å². The fourth-order valence-electron chi connectivity index (χ4n) is 6.06. The highest BCUT2D eigenvalue weighted by Gasteiger charge is 2.33. The molecule has 214 valence electrons. The molecule has 0 saturated carbocycles. The first-order valence-electron chi connectivity index (χ1n) is 14.5. The third-order valence-electron chi connectivity index (χ3n) is 8.42. The second-order valence-electron chi connectivity index (χ2n) is 11.4. The molecule has 7 rings (SSSR count). The zero-order valence-electron chi connectivity index (χ0n) is 23.7. The molecule has 0 radical (unpaired) electrons. The number of imidazole rings is 1. The van der Waals surface area contributed by atoms with Gasteiger partial charge in [0, 0.05) is 42.6 Å². The van der Waals surface area contributed by atoms with Gasteiger partial charge in [-0.25, -0.2) is 9.37 Å². The van der Waals surface area contributed by atoms with Crippen LogP contribution in [-0.2, 0) is 16.0 Å². The van der Waals surface area contributed by atoms with Crippen molar-refractivity contribution in [3.63, 3.8) is 0 Å². The molecular formula is C33H36FN3O4. The molecule has 0 aliphatic carbocycles. The number of carboxylic acid groups (broad SMARTS) is 1. The molecule has 1 fully saturated rings. The van der Waals surface area contributed by atoms with Crippen LogP contribution in [0.15, 0.2) is 54.7 Å². The molecule has 7 nitrogen and oxygen atoms in total. The topological polar surface area (TPSA) is 76.3 Å². The Hall–Kier alpha value is -3.91. The van der Waals surface area contributed by atoms with Crippen molar-refractivity contribution in [2.45, 2.75) is 58.0 Å². The molecule has 0 unspecified atom stereocenters. The maximum Gasteiger partial charge on any atom is 0.307 e. The van der Waals surface area contributed by atoms with Gasteiger partial charge in [-0.15, -0.1) is 0 Å². The number of fused-ring (bicyclic) bond motifs is 8. The number of hydrogen-bond donors (Lipinski definition) is 1. The van der Waals surface area contributed by atoms with Crippen molar-refractivity contribution in [2.75, 3.05) is 31.2 Å². The third kappa shape index (κ3) is 5.53. The first kappa shape index (κ1) is 27.3. The zero-order valence-corrected chi connectivity index (χ0v) is 23.7. The number of anilines is 1. The van der Waals surface area contributed by atoms with Crippen LogP contribution in [0.3, 0.4) is 0 Å². The second kappa shape index (κ2) is 11.2. The zero-order chi connectivity index (χ0) is 28.6. The van der Waals surface area contributed by atoms with Crippen molar-refractivity contribution < 1.29 is 23.8 Å². The van der Waals surface area contributed by atoms with Crippen molar-refractivity contribution in [1.82, 2.24) is 9.38 Å². The number of aliphatic carboxylic acids is 1. The van der Waals surface area contributed by atoms with Gasteiger partial charge in [-0.05, 0) is 75.3 Å². The molecular weight excluding hydrogens is 521 g/mol. The number of halogens is 1. The molecule has 5 heterocycles. The largest absolute Gasteiger partial charge is 0.490 e. The number of para-hydroxylation sites is 1. The molecule has 6 bridgehead atoms. The normalized spacial score (nSPS) is 17.3. The monoisotopic (exact) mass is 557 g/mol. The number of hydrogen-bond acceptors (Lipinski definition) is 5. The molecule has 3 aliphatic heterocycles. The summed E-state index contributed by atoms with van der Waals surface area (Å²) in [7, 11) is 0. The molecule has 41 heavy (non-hydrogen) atoms. The minimum atomic E-state index is -0.860. The van der Waals surface area contributed by atoms with Crippen LogP contribution in [-0.4, -0.2) is 52.4 Å². The van der Waals surface area contributed by atoms with Crippen LogP contribution in [0.1, 0.15) is 50.2 Å². The quantitative estimate of drug-likeness (QED) is 0.296. The number of piperidine rings is 1. The highest BCUT2D eigenvalue weighted by molar-refractivity contribution is 5.78. The first-order valence-corrected chi connectivity index (χ1v) is 14.5. The maximum absolute atomic E-state index is 15.0. The van der Waals surface area contributed by atoms with Crippen LogP contribution in [0.2, 0.25) is 0 Å². The molecule has 8 heteroatoms. The predicted molar refractivity (Wildman–Crippen MR) is 157 cm³/mol. The van der Waals surface area contributed by atoms with Crippen molar-refractivity contribution in [3.05, 3.63) is 71.7 Å². The van der Waals surface area contributed by atoms with E-state index in [4.69, 9.17) is 14.5 Å². The number of rotatable bonds is 2. The number of ether oxygens (including phenoxy) is 2. The maximum atomic E-state index is 15.0. The molecule has 4 aromatic rings. The van der Waals surface area contributed by atoms with E-state index in [1.54, 1.807) is 6.07 Å². The van der Waals surface area contributed by atoms with Crippen molar-refractivity contribution in [1.29, 1.82) is 0 Å². The number of aromatic nitrogens is 2. The van der Waals surface area contributed by atoms with Crippen LogP contribution in [0.5, 0.6) is 5.75 Å². The number of aryl methyl sites for hydroxylation is 1. The van der Waals surface area contributed by atoms with Crippen molar-refractivity contribution in [3.8, 4) is 28.1 Å². The van der Waals surface area contributed by atoms with Crippen LogP contribution in [0, 0.1) is 12.7 Å². The van der Waals surface area contributed by atoms with E-state index >= 15 is 0 Å².